The number of nitrogens with one attached hydrogen (secondary N) is 2. The van der Waals surface area contributed by atoms with Gasteiger partial charge in [0, 0.05) is 27.1 Å². The molecule has 4 nitrogen and oxygen atoms in total. The number of methoxy groups -OCH3 is 1. The molecule has 0 unspecified atom stereocenters. The molecular weight excluding hydrogens is 180 g/mol. The minimum Gasteiger partial charge on any atom is -0.379 e. The van der Waals surface area contributed by atoms with Crippen LogP contribution in [0.4, 0.5) is 0 Å². The highest BCUT2D eigenvalue weighted by molar-refractivity contribution is 5.75. The van der Waals surface area contributed by atoms with Crippen LogP contribution < -0.4 is 10.6 Å². The molecule has 0 aromatic carbocycles. The van der Waals surface area contributed by atoms with Crippen LogP contribution in [0.1, 0.15) is 26.7 Å². The molecule has 1 amide bonds. The first-order chi connectivity index (χ1) is 6.52. The number of amides is 1. The molecule has 0 aromatic rings. The van der Waals surface area contributed by atoms with Crippen molar-refractivity contribution in [1.82, 2.24) is 10.6 Å². The Bertz CT molecular complexity index is 170. The van der Waals surface area contributed by atoms with E-state index in [-0.39, 0.29) is 11.5 Å². The van der Waals surface area contributed by atoms with E-state index in [1.165, 1.54) is 0 Å². The average Bonchev–Trinajstić information content (AvgIpc) is 2.17. The van der Waals surface area contributed by atoms with E-state index in [1.54, 1.807) is 14.2 Å². The average molecular weight is 202 g/mol. The van der Waals surface area contributed by atoms with Crippen molar-refractivity contribution in [1.29, 1.82) is 0 Å². The predicted molar refractivity (Wildman–Crippen MR) is 57.3 cm³/mol. The Labute approximate surface area is 86.4 Å². The molecule has 0 fully saturated rings. The van der Waals surface area contributed by atoms with E-state index in [2.05, 4.69) is 10.6 Å². The highest BCUT2D eigenvalue weighted by Gasteiger charge is 2.14. The maximum Gasteiger partial charge on any atom is 0.221 e. The van der Waals surface area contributed by atoms with Crippen molar-refractivity contribution in [3.63, 3.8) is 0 Å². The smallest absolute Gasteiger partial charge is 0.221 e. The van der Waals surface area contributed by atoms with Gasteiger partial charge in [0.2, 0.25) is 5.91 Å². The molecule has 0 aliphatic carbocycles. The van der Waals surface area contributed by atoms with Crippen molar-refractivity contribution < 1.29 is 9.53 Å². The second-order valence-electron chi connectivity index (χ2n) is 3.89. The first-order valence-corrected chi connectivity index (χ1v) is 4.98. The van der Waals surface area contributed by atoms with Gasteiger partial charge in [-0.1, -0.05) is 0 Å². The zero-order valence-corrected chi connectivity index (χ0v) is 9.64. The molecule has 0 radical (unpaired) electrons. The van der Waals surface area contributed by atoms with Crippen molar-refractivity contribution in [2.45, 2.75) is 32.3 Å². The van der Waals surface area contributed by atoms with Crippen LogP contribution in [0, 0.1) is 0 Å². The highest BCUT2D eigenvalue weighted by atomic mass is 16.5. The Hall–Kier alpha value is -0.610. The van der Waals surface area contributed by atoms with Gasteiger partial charge in [-0.25, -0.2) is 0 Å². The van der Waals surface area contributed by atoms with Crippen molar-refractivity contribution in [2.24, 2.45) is 0 Å². The summed E-state index contributed by atoms with van der Waals surface area (Å²) in [5, 5.41) is 5.78. The molecule has 0 saturated carbocycles. The molecule has 0 spiro atoms. The fourth-order valence-corrected chi connectivity index (χ4v) is 0.943. The summed E-state index contributed by atoms with van der Waals surface area (Å²) in [6, 6.07) is 0. The summed E-state index contributed by atoms with van der Waals surface area (Å²) in [6.07, 6.45) is 1.47. The van der Waals surface area contributed by atoms with Crippen LogP contribution >= 0.6 is 0 Å². The predicted octanol–water partition coefficient (Wildman–Crippen LogP) is 0.527. The van der Waals surface area contributed by atoms with Crippen LogP contribution in [-0.4, -0.2) is 38.8 Å². The summed E-state index contributed by atoms with van der Waals surface area (Å²) in [5.41, 5.74) is -0.0833. The van der Waals surface area contributed by atoms with Crippen LogP contribution in [0.2, 0.25) is 0 Å². The van der Waals surface area contributed by atoms with Crippen molar-refractivity contribution in [2.75, 3.05) is 27.2 Å². The van der Waals surface area contributed by atoms with E-state index in [0.717, 1.165) is 19.5 Å². The normalized spacial score (nSPS) is 11.4. The van der Waals surface area contributed by atoms with Gasteiger partial charge in [0.1, 0.15) is 0 Å². The second-order valence-corrected chi connectivity index (χ2v) is 3.89. The van der Waals surface area contributed by atoms with Crippen LogP contribution in [0.25, 0.3) is 0 Å². The zero-order valence-electron chi connectivity index (χ0n) is 9.64. The lowest BCUT2D eigenvalue weighted by atomic mass is 10.1. The molecule has 0 atom stereocenters. The summed E-state index contributed by atoms with van der Waals surface area (Å²) < 4.78 is 5.27. The third-order valence-electron chi connectivity index (χ3n) is 2.26. The monoisotopic (exact) mass is 202 g/mol. The molecular formula is C10H22N2O2. The van der Waals surface area contributed by atoms with Crippen molar-refractivity contribution in [3.8, 4) is 0 Å². The highest BCUT2D eigenvalue weighted by Crippen LogP contribution is 2.10. The number of hydrogen-bond acceptors (Lipinski definition) is 3. The number of rotatable bonds is 7. The third-order valence-corrected chi connectivity index (χ3v) is 2.26. The number of ether oxygens (including phenoxy) is 1. The quantitative estimate of drug-likeness (QED) is 0.592. The molecule has 0 rings (SSSR count). The molecule has 84 valence electrons. The van der Waals surface area contributed by atoms with Gasteiger partial charge in [-0.15, -0.1) is 0 Å². The van der Waals surface area contributed by atoms with E-state index in [0.29, 0.717) is 6.42 Å². The van der Waals surface area contributed by atoms with Crippen molar-refractivity contribution >= 4 is 5.91 Å². The van der Waals surface area contributed by atoms with Gasteiger partial charge < -0.3 is 15.4 Å². The number of hydrogen-bond donors (Lipinski definition) is 2. The summed E-state index contributed by atoms with van der Waals surface area (Å²) in [6.45, 7) is 5.69. The molecule has 0 aromatic heterocycles. The molecule has 0 heterocycles. The van der Waals surface area contributed by atoms with Gasteiger partial charge in [-0.05, 0) is 26.8 Å². The van der Waals surface area contributed by atoms with Crippen LogP contribution in [-0.2, 0) is 9.53 Å². The molecule has 0 aliphatic heterocycles. The molecule has 4 heteroatoms. The molecule has 14 heavy (non-hydrogen) atoms. The van der Waals surface area contributed by atoms with Gasteiger partial charge in [0.25, 0.3) is 0 Å². The van der Waals surface area contributed by atoms with Gasteiger partial charge in [0.05, 0.1) is 5.60 Å². The summed E-state index contributed by atoms with van der Waals surface area (Å²) in [5.74, 6) is 0.0727. The lowest BCUT2D eigenvalue weighted by Gasteiger charge is -2.22. The standard InChI is InChI=1S/C10H22N2O2/c1-10(2,14-4)6-8-12-7-5-9(13)11-3/h12H,5-8H2,1-4H3,(H,11,13). The van der Waals surface area contributed by atoms with Gasteiger partial charge in [-0.3, -0.25) is 4.79 Å². The molecule has 0 aliphatic rings. The fraction of sp³-hybridized carbons (Fsp3) is 0.900. The van der Waals surface area contributed by atoms with Crippen LogP contribution in [0.3, 0.4) is 0 Å². The van der Waals surface area contributed by atoms with Gasteiger partial charge >= 0.3 is 0 Å². The Morgan fingerprint density at radius 1 is 1.36 bits per heavy atom. The maximum atomic E-state index is 10.9. The van der Waals surface area contributed by atoms with Crippen molar-refractivity contribution in [3.05, 3.63) is 0 Å². The van der Waals surface area contributed by atoms with E-state index in [4.69, 9.17) is 4.74 Å². The van der Waals surface area contributed by atoms with Crippen LogP contribution in [0.5, 0.6) is 0 Å². The summed E-state index contributed by atoms with van der Waals surface area (Å²) in [4.78, 5) is 10.9. The minimum absolute atomic E-state index is 0.0727. The Morgan fingerprint density at radius 2 is 2.00 bits per heavy atom. The number of carbonyl (C=O) groups excluding carboxylic acids is 1. The topological polar surface area (TPSA) is 50.4 Å². The fourth-order valence-electron chi connectivity index (χ4n) is 0.943. The van der Waals surface area contributed by atoms with E-state index < -0.39 is 0 Å². The Kier molecular flexibility index (Phi) is 6.49. The molecule has 0 bridgehead atoms. The molecule has 2 N–H and O–H groups in total. The largest absolute Gasteiger partial charge is 0.379 e. The Balaban J connectivity index is 3.34. The maximum absolute atomic E-state index is 10.9. The second kappa shape index (κ2) is 6.79. The molecule has 0 saturated heterocycles. The van der Waals surface area contributed by atoms with Gasteiger partial charge in [-0.2, -0.15) is 0 Å². The van der Waals surface area contributed by atoms with Gasteiger partial charge in [0.15, 0.2) is 0 Å². The first-order valence-electron chi connectivity index (χ1n) is 4.98. The minimum atomic E-state index is -0.0833. The summed E-state index contributed by atoms with van der Waals surface area (Å²) in [7, 11) is 3.36. The van der Waals surface area contributed by atoms with Crippen LogP contribution in [0.15, 0.2) is 0 Å². The lowest BCUT2D eigenvalue weighted by molar-refractivity contribution is -0.120. The van der Waals surface area contributed by atoms with E-state index in [9.17, 15) is 4.79 Å². The third kappa shape index (κ3) is 6.86. The first kappa shape index (κ1) is 13.4. The lowest BCUT2D eigenvalue weighted by Crippen LogP contribution is -2.31. The Morgan fingerprint density at radius 3 is 2.50 bits per heavy atom. The SMILES string of the molecule is CNC(=O)CCNCCC(C)(C)OC. The zero-order chi connectivity index (χ0) is 11.0. The number of carbonyl (C=O) groups is 1. The van der Waals surface area contributed by atoms with E-state index in [1.807, 2.05) is 13.8 Å². The summed E-state index contributed by atoms with van der Waals surface area (Å²) >= 11 is 0. The van der Waals surface area contributed by atoms with E-state index >= 15 is 0 Å².